The van der Waals surface area contributed by atoms with Crippen molar-refractivity contribution in [3.8, 4) is 0 Å². The minimum atomic E-state index is 1.36. The standard InChI is InChI=1S/C7H16.C6H12S/c1-3-5-7-6-4-2;1-2-4-6-7-5-3-1/h3-7H2,1-2H3;1-6H2. The Balaban J connectivity index is 0.000000241. The zero-order valence-corrected chi connectivity index (χ0v) is 11.0. The van der Waals surface area contributed by atoms with Crippen LogP contribution in [0.1, 0.15) is 71.6 Å². The molecule has 1 heteroatoms. The average Bonchev–Trinajstić information content (AvgIpc) is 2.51. The van der Waals surface area contributed by atoms with E-state index in [2.05, 4.69) is 25.6 Å². The van der Waals surface area contributed by atoms with E-state index < -0.39 is 0 Å². The molecule has 0 atom stereocenters. The van der Waals surface area contributed by atoms with E-state index >= 15 is 0 Å². The number of hydrogen-bond acceptors (Lipinski definition) is 1. The number of rotatable bonds is 4. The molecule has 1 fully saturated rings. The summed E-state index contributed by atoms with van der Waals surface area (Å²) in [5.74, 6) is 2.83. The molecule has 0 aromatic carbocycles. The van der Waals surface area contributed by atoms with Crippen molar-refractivity contribution in [2.24, 2.45) is 0 Å². The Hall–Kier alpha value is 0.350. The second-order valence-corrected chi connectivity index (χ2v) is 5.31. The van der Waals surface area contributed by atoms with Crippen LogP contribution in [0.15, 0.2) is 0 Å². The van der Waals surface area contributed by atoms with Crippen molar-refractivity contribution in [3.63, 3.8) is 0 Å². The third-order valence-electron chi connectivity index (χ3n) is 2.53. The molecule has 0 bridgehead atoms. The highest BCUT2D eigenvalue weighted by Gasteiger charge is 1.95. The summed E-state index contributed by atoms with van der Waals surface area (Å²) in [5.41, 5.74) is 0. The summed E-state index contributed by atoms with van der Waals surface area (Å²) in [4.78, 5) is 0. The summed E-state index contributed by atoms with van der Waals surface area (Å²) in [7, 11) is 0. The van der Waals surface area contributed by atoms with Crippen LogP contribution in [0, 0.1) is 0 Å². The van der Waals surface area contributed by atoms with Gasteiger partial charge in [0, 0.05) is 0 Å². The van der Waals surface area contributed by atoms with Crippen LogP contribution in [0.4, 0.5) is 0 Å². The van der Waals surface area contributed by atoms with Gasteiger partial charge >= 0.3 is 0 Å². The Morgan fingerprint density at radius 2 is 1.21 bits per heavy atom. The molecule has 0 spiro atoms. The monoisotopic (exact) mass is 216 g/mol. The molecule has 14 heavy (non-hydrogen) atoms. The smallest absolute Gasteiger partial charge is 0.00675 e. The molecule has 1 aliphatic heterocycles. The molecule has 0 saturated carbocycles. The Kier molecular flexibility index (Phi) is 13.7. The number of hydrogen-bond donors (Lipinski definition) is 0. The summed E-state index contributed by atoms with van der Waals surface area (Å²) >= 11 is 2.12. The maximum atomic E-state index is 2.25. The fourth-order valence-corrected chi connectivity index (χ4v) is 2.56. The lowest BCUT2D eigenvalue weighted by atomic mass is 10.2. The normalized spacial score (nSPS) is 16.7. The topological polar surface area (TPSA) is 0 Å². The van der Waals surface area contributed by atoms with Gasteiger partial charge in [-0.1, -0.05) is 58.8 Å². The lowest BCUT2D eigenvalue weighted by Crippen LogP contribution is -1.71. The van der Waals surface area contributed by atoms with Crippen molar-refractivity contribution in [3.05, 3.63) is 0 Å². The lowest BCUT2D eigenvalue weighted by Gasteiger charge is -1.90. The van der Waals surface area contributed by atoms with Crippen molar-refractivity contribution >= 4 is 11.8 Å². The van der Waals surface area contributed by atoms with E-state index in [-0.39, 0.29) is 0 Å². The highest BCUT2D eigenvalue weighted by atomic mass is 32.2. The van der Waals surface area contributed by atoms with Gasteiger partial charge in [-0.05, 0) is 24.3 Å². The van der Waals surface area contributed by atoms with E-state index in [1.807, 2.05) is 0 Å². The Morgan fingerprint density at radius 1 is 0.714 bits per heavy atom. The average molecular weight is 216 g/mol. The van der Waals surface area contributed by atoms with Crippen LogP contribution < -0.4 is 0 Å². The van der Waals surface area contributed by atoms with Gasteiger partial charge in [0.05, 0.1) is 0 Å². The molecule has 1 rings (SSSR count). The van der Waals surface area contributed by atoms with Crippen molar-refractivity contribution in [1.82, 2.24) is 0 Å². The van der Waals surface area contributed by atoms with Gasteiger partial charge < -0.3 is 0 Å². The molecule has 1 aliphatic rings. The molecule has 0 aliphatic carbocycles. The minimum Gasteiger partial charge on any atom is -0.162 e. The Labute approximate surface area is 95.2 Å². The zero-order valence-electron chi connectivity index (χ0n) is 10.2. The highest BCUT2D eigenvalue weighted by Crippen LogP contribution is 2.15. The molecular formula is C13H28S. The number of unbranched alkanes of at least 4 members (excludes halogenated alkanes) is 4. The Bertz CT molecular complexity index is 67.6. The van der Waals surface area contributed by atoms with Gasteiger partial charge in [0.2, 0.25) is 0 Å². The maximum Gasteiger partial charge on any atom is -0.00675 e. The van der Waals surface area contributed by atoms with Crippen molar-refractivity contribution < 1.29 is 0 Å². The summed E-state index contributed by atoms with van der Waals surface area (Å²) < 4.78 is 0. The highest BCUT2D eigenvalue weighted by molar-refractivity contribution is 7.99. The van der Waals surface area contributed by atoms with Crippen LogP contribution >= 0.6 is 11.8 Å². The van der Waals surface area contributed by atoms with E-state index in [4.69, 9.17) is 0 Å². The largest absolute Gasteiger partial charge is 0.162 e. The molecule has 1 saturated heterocycles. The first kappa shape index (κ1) is 14.3. The molecular weight excluding hydrogens is 188 g/mol. The first-order valence-electron chi connectivity index (χ1n) is 6.49. The van der Waals surface area contributed by atoms with E-state index in [1.54, 1.807) is 0 Å². The summed E-state index contributed by atoms with van der Waals surface area (Å²) in [6.07, 6.45) is 12.9. The van der Waals surface area contributed by atoms with Gasteiger partial charge in [-0.15, -0.1) is 0 Å². The molecule has 0 aromatic rings. The predicted octanol–water partition coefficient (Wildman–Crippen LogP) is 5.27. The van der Waals surface area contributed by atoms with E-state index in [0.29, 0.717) is 0 Å². The van der Waals surface area contributed by atoms with Crippen LogP contribution in [-0.4, -0.2) is 11.5 Å². The zero-order chi connectivity index (χ0) is 10.5. The van der Waals surface area contributed by atoms with Crippen molar-refractivity contribution in [2.75, 3.05) is 11.5 Å². The van der Waals surface area contributed by atoms with Crippen molar-refractivity contribution in [1.29, 1.82) is 0 Å². The minimum absolute atomic E-state index is 1.36. The molecule has 0 radical (unpaired) electrons. The van der Waals surface area contributed by atoms with Crippen LogP contribution in [0.3, 0.4) is 0 Å². The van der Waals surface area contributed by atoms with Gasteiger partial charge in [-0.3, -0.25) is 0 Å². The first-order chi connectivity index (χ1) is 6.91. The molecule has 86 valence electrons. The van der Waals surface area contributed by atoms with Gasteiger partial charge in [0.25, 0.3) is 0 Å². The van der Waals surface area contributed by atoms with Gasteiger partial charge in [0.1, 0.15) is 0 Å². The fraction of sp³-hybridized carbons (Fsp3) is 1.00. The summed E-state index contributed by atoms with van der Waals surface area (Å²) in [5, 5.41) is 0. The molecule has 0 amide bonds. The molecule has 0 nitrogen and oxygen atoms in total. The van der Waals surface area contributed by atoms with Crippen molar-refractivity contribution in [2.45, 2.75) is 71.6 Å². The fourth-order valence-electron chi connectivity index (χ4n) is 1.54. The SMILES string of the molecule is C1CCCSCC1.CCCCCCC. The quantitative estimate of drug-likeness (QED) is 0.577. The second kappa shape index (κ2) is 13.4. The van der Waals surface area contributed by atoms with Gasteiger partial charge in [-0.2, -0.15) is 11.8 Å². The molecule has 0 unspecified atom stereocenters. The van der Waals surface area contributed by atoms with Crippen LogP contribution in [0.2, 0.25) is 0 Å². The molecule has 1 heterocycles. The second-order valence-electron chi connectivity index (χ2n) is 4.09. The molecule has 0 aromatic heterocycles. The van der Waals surface area contributed by atoms with Gasteiger partial charge in [0.15, 0.2) is 0 Å². The predicted molar refractivity (Wildman–Crippen MR) is 70.2 cm³/mol. The summed E-state index contributed by atoms with van der Waals surface area (Å²) in [6, 6.07) is 0. The van der Waals surface area contributed by atoms with Gasteiger partial charge in [-0.25, -0.2) is 0 Å². The van der Waals surface area contributed by atoms with Crippen LogP contribution in [-0.2, 0) is 0 Å². The van der Waals surface area contributed by atoms with Crippen LogP contribution in [0.25, 0.3) is 0 Å². The first-order valence-corrected chi connectivity index (χ1v) is 7.65. The van der Waals surface area contributed by atoms with E-state index in [1.165, 1.54) is 69.3 Å². The molecule has 0 N–H and O–H groups in total. The number of thioether (sulfide) groups is 1. The van der Waals surface area contributed by atoms with E-state index in [9.17, 15) is 0 Å². The summed E-state index contributed by atoms with van der Waals surface area (Å²) in [6.45, 7) is 4.49. The lowest BCUT2D eigenvalue weighted by molar-refractivity contribution is 0.656. The third-order valence-corrected chi connectivity index (χ3v) is 3.69. The third kappa shape index (κ3) is 12.3. The maximum absolute atomic E-state index is 2.25. The van der Waals surface area contributed by atoms with Crippen LogP contribution in [0.5, 0.6) is 0 Å². The Morgan fingerprint density at radius 3 is 1.64 bits per heavy atom. The van der Waals surface area contributed by atoms with E-state index in [0.717, 1.165) is 0 Å².